The lowest BCUT2D eigenvalue weighted by Crippen LogP contribution is -1.94. The van der Waals surface area contributed by atoms with Crippen molar-refractivity contribution in [1.29, 1.82) is 0 Å². The predicted octanol–water partition coefficient (Wildman–Crippen LogP) is 5.94. The van der Waals surface area contributed by atoms with Crippen LogP contribution < -0.4 is 14.9 Å². The molecule has 0 amide bonds. The molecule has 5 nitrogen and oxygen atoms in total. The zero-order chi connectivity index (χ0) is 20.8. The number of anilines is 1. The van der Waals surface area contributed by atoms with Crippen LogP contribution in [-0.2, 0) is 0 Å². The van der Waals surface area contributed by atoms with Gasteiger partial charge in [-0.2, -0.15) is 5.10 Å². The van der Waals surface area contributed by atoms with Crippen LogP contribution in [0.4, 0.5) is 5.13 Å². The van der Waals surface area contributed by atoms with Gasteiger partial charge in [-0.3, -0.25) is 5.43 Å². The maximum Gasteiger partial charge on any atom is 0.203 e. The molecule has 0 saturated carbocycles. The maximum atomic E-state index is 5.31. The van der Waals surface area contributed by atoms with Gasteiger partial charge in [-0.15, -0.1) is 11.3 Å². The molecule has 3 aromatic carbocycles. The fourth-order valence-corrected chi connectivity index (χ4v) is 3.69. The predicted molar refractivity (Wildman–Crippen MR) is 124 cm³/mol. The van der Waals surface area contributed by atoms with E-state index >= 15 is 0 Å². The first kappa shape index (κ1) is 19.7. The van der Waals surface area contributed by atoms with Gasteiger partial charge in [0, 0.05) is 10.9 Å². The summed E-state index contributed by atoms with van der Waals surface area (Å²) in [6.45, 7) is 0. The summed E-state index contributed by atoms with van der Waals surface area (Å²) in [4.78, 5) is 4.62. The molecule has 1 aromatic heterocycles. The summed E-state index contributed by atoms with van der Waals surface area (Å²) in [6, 6.07) is 24.4. The van der Waals surface area contributed by atoms with Crippen LogP contribution in [0, 0.1) is 0 Å². The number of benzene rings is 3. The highest BCUT2D eigenvalue weighted by Crippen LogP contribution is 2.28. The Morgan fingerprint density at radius 1 is 0.833 bits per heavy atom. The molecule has 1 N–H and O–H groups in total. The molecule has 0 atom stereocenters. The SMILES string of the molecule is COc1ccc(C=NNc2nc(-c3ccc(-c4ccccc4)cc3)cs2)cc1OC. The first-order chi connectivity index (χ1) is 14.8. The molecule has 0 radical (unpaired) electrons. The van der Waals surface area contributed by atoms with Gasteiger partial charge >= 0.3 is 0 Å². The molecule has 150 valence electrons. The van der Waals surface area contributed by atoms with Crippen LogP contribution in [-0.4, -0.2) is 25.4 Å². The highest BCUT2D eigenvalue weighted by molar-refractivity contribution is 7.14. The number of rotatable bonds is 7. The monoisotopic (exact) mass is 415 g/mol. The van der Waals surface area contributed by atoms with Gasteiger partial charge in [0.05, 0.1) is 26.1 Å². The standard InChI is InChI=1S/C24H21N3O2S/c1-28-22-13-8-17(14-23(22)29-2)15-25-27-24-26-21(16-30-24)20-11-9-19(10-12-20)18-6-4-3-5-7-18/h3-16H,1-2H3,(H,26,27). The number of hydrogen-bond acceptors (Lipinski definition) is 6. The molecule has 4 rings (SSSR count). The molecule has 4 aromatic rings. The highest BCUT2D eigenvalue weighted by atomic mass is 32.1. The first-order valence-electron chi connectivity index (χ1n) is 9.39. The lowest BCUT2D eigenvalue weighted by molar-refractivity contribution is 0.355. The Balaban J connectivity index is 1.42. The lowest BCUT2D eigenvalue weighted by atomic mass is 10.0. The highest BCUT2D eigenvalue weighted by Gasteiger charge is 2.06. The van der Waals surface area contributed by atoms with Gasteiger partial charge < -0.3 is 9.47 Å². The van der Waals surface area contributed by atoms with Crippen LogP contribution in [0.1, 0.15) is 5.56 Å². The molecule has 0 saturated heterocycles. The fraction of sp³-hybridized carbons (Fsp3) is 0.0833. The summed E-state index contributed by atoms with van der Waals surface area (Å²) in [5, 5.41) is 7.03. The van der Waals surface area contributed by atoms with Crippen LogP contribution in [0.25, 0.3) is 22.4 Å². The van der Waals surface area contributed by atoms with Gasteiger partial charge in [0.2, 0.25) is 5.13 Å². The van der Waals surface area contributed by atoms with Crippen molar-refractivity contribution in [3.05, 3.63) is 83.7 Å². The van der Waals surface area contributed by atoms with Crippen molar-refractivity contribution in [2.24, 2.45) is 5.10 Å². The Labute approximate surface area is 179 Å². The summed E-state index contributed by atoms with van der Waals surface area (Å²) < 4.78 is 10.6. The number of methoxy groups -OCH3 is 2. The molecule has 0 aliphatic heterocycles. The molecule has 0 aliphatic rings. The number of nitrogens with zero attached hydrogens (tertiary/aromatic N) is 2. The van der Waals surface area contributed by atoms with Gasteiger partial charge in [0.25, 0.3) is 0 Å². The Morgan fingerprint density at radius 2 is 1.53 bits per heavy atom. The smallest absolute Gasteiger partial charge is 0.203 e. The summed E-state index contributed by atoms with van der Waals surface area (Å²) in [7, 11) is 3.23. The van der Waals surface area contributed by atoms with Crippen LogP contribution in [0.15, 0.2) is 83.3 Å². The number of thiazole rings is 1. The second-order valence-electron chi connectivity index (χ2n) is 6.47. The van der Waals surface area contributed by atoms with E-state index in [9.17, 15) is 0 Å². The maximum absolute atomic E-state index is 5.31. The molecule has 0 bridgehead atoms. The third-order valence-electron chi connectivity index (χ3n) is 4.57. The van der Waals surface area contributed by atoms with Crippen molar-refractivity contribution < 1.29 is 9.47 Å². The number of hydrazone groups is 1. The van der Waals surface area contributed by atoms with E-state index in [0.717, 1.165) is 22.0 Å². The molecular formula is C24H21N3O2S. The van der Waals surface area contributed by atoms with Gasteiger partial charge in [0.1, 0.15) is 0 Å². The first-order valence-corrected chi connectivity index (χ1v) is 10.3. The minimum Gasteiger partial charge on any atom is -0.493 e. The van der Waals surface area contributed by atoms with Gasteiger partial charge in [-0.05, 0) is 34.9 Å². The van der Waals surface area contributed by atoms with E-state index in [0.29, 0.717) is 11.5 Å². The van der Waals surface area contributed by atoms with Crippen molar-refractivity contribution >= 4 is 22.7 Å². The Kier molecular flexibility index (Phi) is 6.06. The average molecular weight is 416 g/mol. The number of nitrogens with one attached hydrogen (secondary N) is 1. The summed E-state index contributed by atoms with van der Waals surface area (Å²) in [6.07, 6.45) is 1.72. The van der Waals surface area contributed by atoms with Gasteiger partial charge in [-0.25, -0.2) is 4.98 Å². The quantitative estimate of drug-likeness (QED) is 0.300. The Morgan fingerprint density at radius 3 is 2.27 bits per heavy atom. The van der Waals surface area contributed by atoms with Crippen LogP contribution in [0.5, 0.6) is 11.5 Å². The van der Waals surface area contributed by atoms with Crippen molar-refractivity contribution in [2.75, 3.05) is 19.6 Å². The summed E-state index contributed by atoms with van der Waals surface area (Å²) >= 11 is 1.51. The van der Waals surface area contributed by atoms with Crippen molar-refractivity contribution in [3.63, 3.8) is 0 Å². The van der Waals surface area contributed by atoms with E-state index in [1.165, 1.54) is 22.5 Å². The third-order valence-corrected chi connectivity index (χ3v) is 5.32. The van der Waals surface area contributed by atoms with E-state index in [-0.39, 0.29) is 0 Å². The zero-order valence-electron chi connectivity index (χ0n) is 16.7. The normalized spacial score (nSPS) is 10.9. The van der Waals surface area contributed by atoms with E-state index < -0.39 is 0 Å². The molecule has 1 heterocycles. The molecule has 30 heavy (non-hydrogen) atoms. The minimum absolute atomic E-state index is 0.664. The van der Waals surface area contributed by atoms with E-state index in [1.54, 1.807) is 20.4 Å². The molecular weight excluding hydrogens is 394 g/mol. The zero-order valence-corrected chi connectivity index (χ0v) is 17.5. The topological polar surface area (TPSA) is 55.7 Å². The lowest BCUT2D eigenvalue weighted by Gasteiger charge is -2.07. The average Bonchev–Trinajstić information content (AvgIpc) is 3.28. The number of ether oxygens (including phenoxy) is 2. The number of hydrogen-bond donors (Lipinski definition) is 1. The molecule has 0 unspecified atom stereocenters. The van der Waals surface area contributed by atoms with Crippen molar-refractivity contribution in [2.45, 2.75) is 0 Å². The van der Waals surface area contributed by atoms with E-state index in [1.807, 2.05) is 41.8 Å². The van der Waals surface area contributed by atoms with Crippen LogP contribution >= 0.6 is 11.3 Å². The van der Waals surface area contributed by atoms with Crippen molar-refractivity contribution in [1.82, 2.24) is 4.98 Å². The van der Waals surface area contributed by atoms with E-state index in [4.69, 9.17) is 9.47 Å². The minimum atomic E-state index is 0.664. The van der Waals surface area contributed by atoms with Crippen molar-refractivity contribution in [3.8, 4) is 33.9 Å². The Hall–Kier alpha value is -3.64. The van der Waals surface area contributed by atoms with Crippen LogP contribution in [0.3, 0.4) is 0 Å². The van der Waals surface area contributed by atoms with Crippen LogP contribution in [0.2, 0.25) is 0 Å². The number of aromatic nitrogens is 1. The summed E-state index contributed by atoms with van der Waals surface area (Å²) in [5.74, 6) is 1.35. The second kappa shape index (κ2) is 9.24. The second-order valence-corrected chi connectivity index (χ2v) is 7.32. The summed E-state index contributed by atoms with van der Waals surface area (Å²) in [5.41, 5.74) is 8.27. The molecule has 0 fully saturated rings. The third kappa shape index (κ3) is 4.50. The molecule has 6 heteroatoms. The van der Waals surface area contributed by atoms with E-state index in [2.05, 4.69) is 51.9 Å². The molecule has 0 spiro atoms. The molecule has 0 aliphatic carbocycles. The Bertz CT molecular complexity index is 1140. The fourth-order valence-electron chi connectivity index (χ4n) is 3.02. The van der Waals surface area contributed by atoms with Gasteiger partial charge in [0.15, 0.2) is 11.5 Å². The largest absolute Gasteiger partial charge is 0.493 e. The van der Waals surface area contributed by atoms with Gasteiger partial charge in [-0.1, -0.05) is 54.6 Å².